The van der Waals surface area contributed by atoms with Gasteiger partial charge in [0.15, 0.2) is 0 Å². The molecule has 0 aliphatic carbocycles. The van der Waals surface area contributed by atoms with E-state index in [-0.39, 0.29) is 18.6 Å². The summed E-state index contributed by atoms with van der Waals surface area (Å²) in [6.07, 6.45) is -3.16. The van der Waals surface area contributed by atoms with Crippen LogP contribution in [0.3, 0.4) is 0 Å². The molecule has 0 radical (unpaired) electrons. The molecule has 1 aromatic heterocycles. The van der Waals surface area contributed by atoms with Crippen LogP contribution in [0.5, 0.6) is 5.88 Å². The van der Waals surface area contributed by atoms with E-state index in [1.54, 1.807) is 0 Å². The first kappa shape index (κ1) is 21.5. The number of hydrogen-bond acceptors (Lipinski definition) is 4. The number of benzene rings is 2. The van der Waals surface area contributed by atoms with Crippen LogP contribution in [0.25, 0.3) is 11.1 Å². The molecule has 1 fully saturated rings. The molecule has 31 heavy (non-hydrogen) atoms. The molecule has 4 nitrogen and oxygen atoms in total. The third kappa shape index (κ3) is 4.78. The zero-order valence-electron chi connectivity index (χ0n) is 16.4. The quantitative estimate of drug-likeness (QED) is 0.554. The number of aliphatic hydroxyl groups excluding tert-OH is 1. The van der Waals surface area contributed by atoms with Crippen molar-refractivity contribution < 1.29 is 23.0 Å². The van der Waals surface area contributed by atoms with Crippen molar-refractivity contribution in [1.29, 1.82) is 0 Å². The molecule has 162 valence electrons. The Hall–Kier alpha value is -2.77. The summed E-state index contributed by atoms with van der Waals surface area (Å²) in [7, 11) is 0. The zero-order chi connectivity index (χ0) is 22.0. The predicted molar refractivity (Wildman–Crippen MR) is 113 cm³/mol. The Morgan fingerprint density at radius 3 is 2.61 bits per heavy atom. The van der Waals surface area contributed by atoms with Crippen molar-refractivity contribution in [1.82, 2.24) is 4.98 Å². The Labute approximate surface area is 182 Å². The van der Waals surface area contributed by atoms with Gasteiger partial charge in [-0.1, -0.05) is 35.9 Å². The maximum absolute atomic E-state index is 12.7. The van der Waals surface area contributed by atoms with Gasteiger partial charge >= 0.3 is 6.18 Å². The molecule has 2 heterocycles. The maximum atomic E-state index is 12.7. The summed E-state index contributed by atoms with van der Waals surface area (Å²) < 4.78 is 43.8. The molecule has 8 heteroatoms. The van der Waals surface area contributed by atoms with Gasteiger partial charge in [0.2, 0.25) is 5.88 Å². The van der Waals surface area contributed by atoms with Crippen LogP contribution >= 0.6 is 11.6 Å². The van der Waals surface area contributed by atoms with Crippen LogP contribution in [0.2, 0.25) is 5.02 Å². The Morgan fingerprint density at radius 1 is 1.13 bits per heavy atom. The van der Waals surface area contributed by atoms with E-state index in [1.165, 1.54) is 6.07 Å². The van der Waals surface area contributed by atoms with Gasteiger partial charge in [0.05, 0.1) is 18.7 Å². The highest BCUT2D eigenvalue weighted by Gasteiger charge is 2.31. The Morgan fingerprint density at radius 2 is 1.94 bits per heavy atom. The SMILES string of the molecule is OCc1cc(-c2ccccc2Cl)ccc1N1CC[C@H](Oc2ccc(C(F)(F)F)cn2)C1. The van der Waals surface area contributed by atoms with Crippen LogP contribution in [-0.2, 0) is 12.8 Å². The highest BCUT2D eigenvalue weighted by Crippen LogP contribution is 2.34. The monoisotopic (exact) mass is 448 g/mol. The number of aliphatic hydroxyl groups is 1. The Bertz CT molecular complexity index is 1060. The fraction of sp³-hybridized carbons (Fsp3) is 0.261. The van der Waals surface area contributed by atoms with Crippen molar-refractivity contribution >= 4 is 17.3 Å². The number of anilines is 1. The molecule has 1 atom stereocenters. The number of alkyl halides is 3. The molecular weight excluding hydrogens is 429 g/mol. The summed E-state index contributed by atoms with van der Waals surface area (Å²) in [5, 5.41) is 10.6. The highest BCUT2D eigenvalue weighted by molar-refractivity contribution is 6.33. The van der Waals surface area contributed by atoms with Gasteiger partial charge in [-0.25, -0.2) is 4.98 Å². The predicted octanol–water partition coefficient (Wildman–Crippen LogP) is 5.57. The Kier molecular flexibility index (Phi) is 6.07. The topological polar surface area (TPSA) is 45.6 Å². The summed E-state index contributed by atoms with van der Waals surface area (Å²) in [6.45, 7) is 1.11. The lowest BCUT2D eigenvalue weighted by Crippen LogP contribution is -2.25. The number of hydrogen-bond donors (Lipinski definition) is 1. The fourth-order valence-corrected chi connectivity index (χ4v) is 3.96. The van der Waals surface area contributed by atoms with Crippen LogP contribution < -0.4 is 9.64 Å². The molecule has 1 aliphatic heterocycles. The first-order chi connectivity index (χ1) is 14.8. The van der Waals surface area contributed by atoms with Crippen molar-refractivity contribution in [3.8, 4) is 17.0 Å². The molecule has 0 saturated carbocycles. The third-order valence-corrected chi connectivity index (χ3v) is 5.60. The van der Waals surface area contributed by atoms with Gasteiger partial charge in [-0.15, -0.1) is 0 Å². The standard InChI is InChI=1S/C23H20ClF3N2O2/c24-20-4-2-1-3-19(20)15-5-7-21(16(11-15)14-30)29-10-9-18(13-29)31-22-8-6-17(12-28-22)23(25,26)27/h1-8,11-12,18,30H,9-10,13-14H2/t18-/m0/s1. The second kappa shape index (κ2) is 8.77. The smallest absolute Gasteiger partial charge is 0.417 e. The number of rotatable bonds is 5. The van der Waals surface area contributed by atoms with Crippen molar-refractivity contribution in [3.63, 3.8) is 0 Å². The van der Waals surface area contributed by atoms with Gasteiger partial charge in [0, 0.05) is 47.1 Å². The molecule has 1 N–H and O–H groups in total. The van der Waals surface area contributed by atoms with Gasteiger partial charge in [-0.2, -0.15) is 13.2 Å². The summed E-state index contributed by atoms with van der Waals surface area (Å²) in [5.74, 6) is 0.163. The first-order valence-electron chi connectivity index (χ1n) is 9.78. The van der Waals surface area contributed by atoms with E-state index in [1.807, 2.05) is 42.5 Å². The van der Waals surface area contributed by atoms with Gasteiger partial charge < -0.3 is 14.7 Å². The lowest BCUT2D eigenvalue weighted by molar-refractivity contribution is -0.137. The molecule has 0 amide bonds. The largest absolute Gasteiger partial charge is 0.472 e. The molecule has 0 unspecified atom stereocenters. The van der Waals surface area contributed by atoms with Crippen LogP contribution in [0, 0.1) is 0 Å². The minimum atomic E-state index is -4.42. The number of ether oxygens (including phenoxy) is 1. The molecule has 1 saturated heterocycles. The first-order valence-corrected chi connectivity index (χ1v) is 10.2. The van der Waals surface area contributed by atoms with Crippen molar-refractivity contribution in [2.75, 3.05) is 18.0 Å². The summed E-state index contributed by atoms with van der Waals surface area (Å²) >= 11 is 6.29. The van der Waals surface area contributed by atoms with E-state index in [0.29, 0.717) is 24.5 Å². The van der Waals surface area contributed by atoms with E-state index in [0.717, 1.165) is 34.6 Å². The number of aromatic nitrogens is 1. The summed E-state index contributed by atoms with van der Waals surface area (Å²) in [4.78, 5) is 5.87. The Balaban J connectivity index is 1.47. The molecule has 1 aliphatic rings. The van der Waals surface area contributed by atoms with E-state index in [2.05, 4.69) is 9.88 Å². The zero-order valence-corrected chi connectivity index (χ0v) is 17.2. The normalized spacial score (nSPS) is 16.5. The maximum Gasteiger partial charge on any atom is 0.417 e. The lowest BCUT2D eigenvalue weighted by atomic mass is 10.0. The van der Waals surface area contributed by atoms with E-state index in [4.69, 9.17) is 16.3 Å². The van der Waals surface area contributed by atoms with Crippen molar-refractivity contribution in [2.24, 2.45) is 0 Å². The molecule has 2 aromatic carbocycles. The molecular formula is C23H20ClF3N2O2. The second-order valence-electron chi connectivity index (χ2n) is 7.34. The van der Waals surface area contributed by atoms with Crippen LogP contribution in [0.1, 0.15) is 17.5 Å². The van der Waals surface area contributed by atoms with E-state index in [9.17, 15) is 18.3 Å². The lowest BCUT2D eigenvalue weighted by Gasteiger charge is -2.22. The van der Waals surface area contributed by atoms with Gasteiger partial charge in [0.25, 0.3) is 0 Å². The average molecular weight is 449 g/mol. The van der Waals surface area contributed by atoms with E-state index >= 15 is 0 Å². The number of halogens is 4. The fourth-order valence-electron chi connectivity index (χ4n) is 3.72. The minimum absolute atomic E-state index is 0.129. The summed E-state index contributed by atoms with van der Waals surface area (Å²) in [6, 6.07) is 15.5. The average Bonchev–Trinajstić information content (AvgIpc) is 3.21. The summed E-state index contributed by atoms with van der Waals surface area (Å²) in [5.41, 5.74) is 2.66. The molecule has 0 bridgehead atoms. The number of nitrogens with zero attached hydrogens (tertiary/aromatic N) is 2. The van der Waals surface area contributed by atoms with E-state index < -0.39 is 11.7 Å². The van der Waals surface area contributed by atoms with Crippen molar-refractivity contribution in [2.45, 2.75) is 25.3 Å². The number of pyridine rings is 1. The van der Waals surface area contributed by atoms with Crippen LogP contribution in [0.4, 0.5) is 18.9 Å². The van der Waals surface area contributed by atoms with Crippen LogP contribution in [-0.4, -0.2) is 29.3 Å². The molecule has 0 spiro atoms. The van der Waals surface area contributed by atoms with Crippen molar-refractivity contribution in [3.05, 3.63) is 76.9 Å². The molecule has 3 aromatic rings. The molecule has 4 rings (SSSR count). The van der Waals surface area contributed by atoms with Crippen LogP contribution in [0.15, 0.2) is 60.8 Å². The second-order valence-corrected chi connectivity index (χ2v) is 7.75. The third-order valence-electron chi connectivity index (χ3n) is 5.27. The highest BCUT2D eigenvalue weighted by atomic mass is 35.5. The van der Waals surface area contributed by atoms with Gasteiger partial charge in [0.1, 0.15) is 6.10 Å². The minimum Gasteiger partial charge on any atom is -0.472 e. The van der Waals surface area contributed by atoms with Gasteiger partial charge in [-0.05, 0) is 29.8 Å². The van der Waals surface area contributed by atoms with Gasteiger partial charge in [-0.3, -0.25) is 0 Å².